The van der Waals surface area contributed by atoms with E-state index >= 15 is 0 Å². The first-order valence-electron chi connectivity index (χ1n) is 3.52. The number of ether oxygens (including phenoxy) is 1. The van der Waals surface area contributed by atoms with Gasteiger partial charge in [-0.1, -0.05) is 0 Å². The highest BCUT2D eigenvalue weighted by Crippen LogP contribution is 2.11. The summed E-state index contributed by atoms with van der Waals surface area (Å²) in [5.74, 6) is 0.198. The number of methoxy groups -OCH3 is 1. The molecule has 2 N–H and O–H groups in total. The highest BCUT2D eigenvalue weighted by molar-refractivity contribution is 5.77. The highest BCUT2D eigenvalue weighted by Gasteiger charge is 2.11. The smallest absolute Gasteiger partial charge is 0.242 e. The zero-order valence-electron chi connectivity index (χ0n) is 7.02. The summed E-state index contributed by atoms with van der Waals surface area (Å²) in [5, 5.41) is 3.90. The van der Waals surface area contributed by atoms with Crippen LogP contribution in [0.3, 0.4) is 0 Å². The van der Waals surface area contributed by atoms with Crippen LogP contribution in [-0.2, 0) is 4.79 Å². The first-order chi connectivity index (χ1) is 5.65. The van der Waals surface area contributed by atoms with Crippen LogP contribution >= 0.6 is 0 Å². The van der Waals surface area contributed by atoms with Gasteiger partial charge < -0.3 is 10.5 Å². The number of rotatable bonds is 3. The van der Waals surface area contributed by atoms with Gasteiger partial charge in [-0.2, -0.15) is 5.10 Å². The lowest BCUT2D eigenvalue weighted by atomic mass is 10.3. The molecule has 5 nitrogen and oxygen atoms in total. The minimum atomic E-state index is -0.436. The Hall–Kier alpha value is -1.52. The standard InChI is InChI=1S/C7H11N3O2/c1-5(7(8)11)10-4-6(12-2)3-9-10/h3-5H,1-2H3,(H2,8,11). The Labute approximate surface area is 70.1 Å². The average Bonchev–Trinajstić information content (AvgIpc) is 2.50. The summed E-state index contributed by atoms with van der Waals surface area (Å²) in [7, 11) is 1.54. The van der Waals surface area contributed by atoms with Crippen LogP contribution in [-0.4, -0.2) is 22.8 Å². The van der Waals surface area contributed by atoms with Crippen molar-refractivity contribution in [3.8, 4) is 5.75 Å². The summed E-state index contributed by atoms with van der Waals surface area (Å²) in [4.78, 5) is 10.7. The molecule has 0 bridgehead atoms. The monoisotopic (exact) mass is 169 g/mol. The van der Waals surface area contributed by atoms with Crippen LogP contribution in [0, 0.1) is 0 Å². The molecule has 0 aliphatic rings. The minimum Gasteiger partial charge on any atom is -0.493 e. The predicted molar refractivity (Wildman–Crippen MR) is 42.7 cm³/mol. The second-order valence-corrected chi connectivity index (χ2v) is 2.44. The molecular weight excluding hydrogens is 158 g/mol. The molecule has 1 aromatic rings. The molecule has 1 heterocycles. The molecule has 0 saturated heterocycles. The van der Waals surface area contributed by atoms with Crippen LogP contribution in [0.15, 0.2) is 12.4 Å². The van der Waals surface area contributed by atoms with Crippen molar-refractivity contribution in [2.24, 2.45) is 5.73 Å². The van der Waals surface area contributed by atoms with Crippen molar-refractivity contribution in [2.45, 2.75) is 13.0 Å². The van der Waals surface area contributed by atoms with Crippen LogP contribution in [0.2, 0.25) is 0 Å². The number of amides is 1. The quantitative estimate of drug-likeness (QED) is 0.689. The molecule has 5 heteroatoms. The summed E-state index contributed by atoms with van der Waals surface area (Å²) < 4.78 is 6.35. The number of hydrogen-bond acceptors (Lipinski definition) is 3. The third kappa shape index (κ3) is 1.55. The van der Waals surface area contributed by atoms with Crippen molar-refractivity contribution < 1.29 is 9.53 Å². The van der Waals surface area contributed by atoms with E-state index in [9.17, 15) is 4.79 Å². The van der Waals surface area contributed by atoms with Crippen LogP contribution < -0.4 is 10.5 Å². The van der Waals surface area contributed by atoms with Crippen molar-refractivity contribution in [3.63, 3.8) is 0 Å². The van der Waals surface area contributed by atoms with Gasteiger partial charge in [-0.25, -0.2) is 0 Å². The van der Waals surface area contributed by atoms with E-state index in [2.05, 4.69) is 5.10 Å². The molecule has 0 spiro atoms. The molecule has 12 heavy (non-hydrogen) atoms. The van der Waals surface area contributed by atoms with E-state index < -0.39 is 11.9 Å². The Bertz CT molecular complexity index is 282. The van der Waals surface area contributed by atoms with Crippen LogP contribution in [0.25, 0.3) is 0 Å². The van der Waals surface area contributed by atoms with Crippen LogP contribution in [0.1, 0.15) is 13.0 Å². The second kappa shape index (κ2) is 3.25. The molecule has 1 aromatic heterocycles. The Morgan fingerprint density at radius 3 is 2.92 bits per heavy atom. The Morgan fingerprint density at radius 1 is 1.83 bits per heavy atom. The fourth-order valence-corrected chi connectivity index (χ4v) is 0.768. The predicted octanol–water partition coefficient (Wildman–Crippen LogP) is -0.0620. The number of hydrogen-bond donors (Lipinski definition) is 1. The van der Waals surface area contributed by atoms with Gasteiger partial charge in [0.1, 0.15) is 6.04 Å². The molecule has 0 aromatic carbocycles. The average molecular weight is 169 g/mol. The molecule has 1 atom stereocenters. The van der Waals surface area contributed by atoms with Crippen LogP contribution in [0.5, 0.6) is 5.75 Å². The number of primary amides is 1. The molecule has 1 unspecified atom stereocenters. The maximum atomic E-state index is 10.7. The Morgan fingerprint density at radius 2 is 2.50 bits per heavy atom. The van der Waals surface area contributed by atoms with E-state index in [0.717, 1.165) is 0 Å². The molecule has 0 radical (unpaired) electrons. The van der Waals surface area contributed by atoms with Gasteiger partial charge in [0.05, 0.1) is 19.5 Å². The maximum absolute atomic E-state index is 10.7. The number of nitrogens with two attached hydrogens (primary N) is 1. The van der Waals surface area contributed by atoms with Crippen molar-refractivity contribution in [3.05, 3.63) is 12.4 Å². The van der Waals surface area contributed by atoms with Crippen molar-refractivity contribution in [1.82, 2.24) is 9.78 Å². The van der Waals surface area contributed by atoms with Gasteiger partial charge in [-0.15, -0.1) is 0 Å². The summed E-state index contributed by atoms with van der Waals surface area (Å²) in [6.07, 6.45) is 3.15. The van der Waals surface area contributed by atoms with Crippen molar-refractivity contribution in [1.29, 1.82) is 0 Å². The lowest BCUT2D eigenvalue weighted by Crippen LogP contribution is -2.24. The molecule has 0 aliphatic heterocycles. The van der Waals surface area contributed by atoms with E-state index in [4.69, 9.17) is 10.5 Å². The largest absolute Gasteiger partial charge is 0.493 e. The van der Waals surface area contributed by atoms with E-state index in [0.29, 0.717) is 5.75 Å². The van der Waals surface area contributed by atoms with E-state index in [1.165, 1.54) is 18.0 Å². The van der Waals surface area contributed by atoms with E-state index in [1.807, 2.05) is 0 Å². The van der Waals surface area contributed by atoms with E-state index in [-0.39, 0.29) is 0 Å². The van der Waals surface area contributed by atoms with Gasteiger partial charge in [0.25, 0.3) is 0 Å². The third-order valence-electron chi connectivity index (χ3n) is 1.62. The Kier molecular flexibility index (Phi) is 2.32. The fourth-order valence-electron chi connectivity index (χ4n) is 0.768. The van der Waals surface area contributed by atoms with Crippen LogP contribution in [0.4, 0.5) is 0 Å². The fraction of sp³-hybridized carbons (Fsp3) is 0.429. The Balaban J connectivity index is 2.81. The molecule has 0 saturated carbocycles. The third-order valence-corrected chi connectivity index (χ3v) is 1.62. The highest BCUT2D eigenvalue weighted by atomic mass is 16.5. The normalized spacial score (nSPS) is 12.5. The number of carbonyl (C=O) groups excluding carboxylic acids is 1. The SMILES string of the molecule is COc1cnn(C(C)C(N)=O)c1. The molecule has 0 fully saturated rings. The van der Waals surface area contributed by atoms with Gasteiger partial charge >= 0.3 is 0 Å². The zero-order valence-corrected chi connectivity index (χ0v) is 7.02. The van der Waals surface area contributed by atoms with Gasteiger partial charge in [-0.05, 0) is 6.92 Å². The van der Waals surface area contributed by atoms with Crippen molar-refractivity contribution >= 4 is 5.91 Å². The minimum absolute atomic E-state index is 0.416. The topological polar surface area (TPSA) is 70.1 Å². The first-order valence-corrected chi connectivity index (χ1v) is 3.52. The number of aromatic nitrogens is 2. The molecule has 66 valence electrons. The molecule has 1 rings (SSSR count). The zero-order chi connectivity index (χ0) is 9.14. The van der Waals surface area contributed by atoms with Gasteiger partial charge in [0.15, 0.2) is 5.75 Å². The number of nitrogens with zero attached hydrogens (tertiary/aromatic N) is 2. The lowest BCUT2D eigenvalue weighted by Gasteiger charge is -2.05. The summed E-state index contributed by atoms with van der Waals surface area (Å²) in [6, 6.07) is -0.436. The van der Waals surface area contributed by atoms with Gasteiger partial charge in [0.2, 0.25) is 5.91 Å². The number of carbonyl (C=O) groups is 1. The lowest BCUT2D eigenvalue weighted by molar-refractivity contribution is -0.120. The first kappa shape index (κ1) is 8.58. The maximum Gasteiger partial charge on any atom is 0.242 e. The second-order valence-electron chi connectivity index (χ2n) is 2.44. The molecular formula is C7H11N3O2. The molecule has 0 aliphatic carbocycles. The van der Waals surface area contributed by atoms with E-state index in [1.54, 1.807) is 13.1 Å². The summed E-state index contributed by atoms with van der Waals surface area (Å²) >= 11 is 0. The summed E-state index contributed by atoms with van der Waals surface area (Å²) in [6.45, 7) is 1.68. The van der Waals surface area contributed by atoms with Gasteiger partial charge in [-0.3, -0.25) is 9.48 Å². The van der Waals surface area contributed by atoms with Crippen molar-refractivity contribution in [2.75, 3.05) is 7.11 Å². The van der Waals surface area contributed by atoms with Gasteiger partial charge in [0, 0.05) is 0 Å². The molecule has 1 amide bonds. The summed E-state index contributed by atoms with van der Waals surface area (Å²) in [5.41, 5.74) is 5.08.